The molecule has 26 heavy (non-hydrogen) atoms. The van der Waals surface area contributed by atoms with Gasteiger partial charge in [-0.1, -0.05) is 35.3 Å². The molecule has 0 aliphatic heterocycles. The number of aryl methyl sites for hydroxylation is 2. The number of halogens is 2. The van der Waals surface area contributed by atoms with E-state index in [1.807, 2.05) is 32.0 Å². The first-order valence-electron chi connectivity index (χ1n) is 8.20. The molecule has 4 nitrogen and oxygen atoms in total. The van der Waals surface area contributed by atoms with Crippen molar-refractivity contribution >= 4 is 34.8 Å². The number of rotatable bonds is 5. The van der Waals surface area contributed by atoms with Crippen LogP contribution in [0.15, 0.2) is 47.0 Å². The molecule has 0 aliphatic rings. The Morgan fingerprint density at radius 1 is 1.19 bits per heavy atom. The molecule has 134 valence electrons. The first-order chi connectivity index (χ1) is 12.4. The van der Waals surface area contributed by atoms with Crippen LogP contribution in [0.1, 0.15) is 23.4 Å². The van der Waals surface area contributed by atoms with Gasteiger partial charge in [0.25, 0.3) is 0 Å². The lowest BCUT2D eigenvalue weighted by Crippen LogP contribution is -2.13. The minimum Gasteiger partial charge on any atom is -0.441 e. The summed E-state index contributed by atoms with van der Waals surface area (Å²) in [4.78, 5) is 16.4. The zero-order chi connectivity index (χ0) is 18.7. The van der Waals surface area contributed by atoms with Crippen molar-refractivity contribution in [3.8, 4) is 11.3 Å². The summed E-state index contributed by atoms with van der Waals surface area (Å²) >= 11 is 12.1. The number of anilines is 1. The summed E-state index contributed by atoms with van der Waals surface area (Å²) in [5.74, 6) is 0.960. The Bertz CT molecular complexity index is 951. The van der Waals surface area contributed by atoms with Gasteiger partial charge in [-0.2, -0.15) is 0 Å². The number of amides is 1. The minimum absolute atomic E-state index is 0.0806. The molecule has 0 radical (unpaired) electrons. The largest absolute Gasteiger partial charge is 0.441 e. The summed E-state index contributed by atoms with van der Waals surface area (Å²) in [6.45, 7) is 4.00. The number of aromatic nitrogens is 1. The predicted molar refractivity (Wildman–Crippen MR) is 105 cm³/mol. The van der Waals surface area contributed by atoms with Crippen molar-refractivity contribution in [2.75, 3.05) is 5.32 Å². The maximum Gasteiger partial charge on any atom is 0.224 e. The molecule has 2 aromatic carbocycles. The molecule has 1 aromatic heterocycles. The zero-order valence-electron chi connectivity index (χ0n) is 14.5. The van der Waals surface area contributed by atoms with Gasteiger partial charge in [0.2, 0.25) is 5.91 Å². The lowest BCUT2D eigenvalue weighted by atomic mass is 10.1. The van der Waals surface area contributed by atoms with Crippen molar-refractivity contribution in [3.63, 3.8) is 0 Å². The second-order valence-corrected chi connectivity index (χ2v) is 6.88. The van der Waals surface area contributed by atoms with Gasteiger partial charge in [0.05, 0.1) is 11.2 Å². The molecular formula is C20H18Cl2N2O2. The van der Waals surface area contributed by atoms with Crippen LogP contribution in [-0.2, 0) is 11.2 Å². The second kappa shape index (κ2) is 7.94. The van der Waals surface area contributed by atoms with E-state index in [1.54, 1.807) is 24.4 Å². The standard InChI is InChI=1S/C20H18Cl2N2O2/c1-12-4-3-5-17(13(12)2)24-19(25)8-9-20-23-11-18(26-20)15-7-6-14(21)10-16(15)22/h3-7,10-11H,8-9H2,1-2H3,(H,24,25). The van der Waals surface area contributed by atoms with E-state index in [9.17, 15) is 4.79 Å². The fourth-order valence-corrected chi connectivity index (χ4v) is 3.06. The summed E-state index contributed by atoms with van der Waals surface area (Å²) in [6, 6.07) is 11.0. The number of nitrogens with zero attached hydrogens (tertiary/aromatic N) is 1. The Morgan fingerprint density at radius 3 is 2.77 bits per heavy atom. The average Bonchev–Trinajstić information content (AvgIpc) is 3.06. The molecule has 0 saturated heterocycles. The fourth-order valence-electron chi connectivity index (χ4n) is 2.56. The van der Waals surface area contributed by atoms with Crippen LogP contribution in [0, 0.1) is 13.8 Å². The van der Waals surface area contributed by atoms with Crippen LogP contribution in [-0.4, -0.2) is 10.9 Å². The van der Waals surface area contributed by atoms with Gasteiger partial charge in [-0.15, -0.1) is 0 Å². The van der Waals surface area contributed by atoms with Gasteiger partial charge in [-0.05, 0) is 49.2 Å². The molecule has 3 aromatic rings. The van der Waals surface area contributed by atoms with Crippen LogP contribution >= 0.6 is 23.2 Å². The van der Waals surface area contributed by atoms with Crippen LogP contribution in [0.2, 0.25) is 10.0 Å². The normalized spacial score (nSPS) is 10.8. The summed E-state index contributed by atoms with van der Waals surface area (Å²) in [5.41, 5.74) is 3.75. The monoisotopic (exact) mass is 388 g/mol. The maximum atomic E-state index is 12.2. The van der Waals surface area contributed by atoms with E-state index in [1.165, 1.54) is 0 Å². The topological polar surface area (TPSA) is 55.1 Å². The molecule has 6 heteroatoms. The van der Waals surface area contributed by atoms with Crippen molar-refractivity contribution in [1.29, 1.82) is 0 Å². The molecule has 0 bridgehead atoms. The summed E-state index contributed by atoms with van der Waals surface area (Å²) in [6.07, 6.45) is 2.29. The van der Waals surface area contributed by atoms with Gasteiger partial charge < -0.3 is 9.73 Å². The predicted octanol–water partition coefficient (Wildman–Crippen LogP) is 5.84. The summed E-state index contributed by atoms with van der Waals surface area (Å²) in [7, 11) is 0. The highest BCUT2D eigenvalue weighted by Gasteiger charge is 2.12. The number of hydrogen-bond acceptors (Lipinski definition) is 3. The van der Waals surface area contributed by atoms with Crippen molar-refractivity contribution in [1.82, 2.24) is 4.98 Å². The number of carbonyl (C=O) groups excluding carboxylic acids is 1. The second-order valence-electron chi connectivity index (χ2n) is 6.04. The summed E-state index contributed by atoms with van der Waals surface area (Å²) in [5, 5.41) is 3.98. The molecule has 0 fully saturated rings. The van der Waals surface area contributed by atoms with E-state index < -0.39 is 0 Å². The van der Waals surface area contributed by atoms with Crippen LogP contribution in [0.25, 0.3) is 11.3 Å². The van der Waals surface area contributed by atoms with E-state index in [0.29, 0.717) is 28.1 Å². The average molecular weight is 389 g/mol. The quantitative estimate of drug-likeness (QED) is 0.597. The third-order valence-electron chi connectivity index (χ3n) is 4.19. The smallest absolute Gasteiger partial charge is 0.224 e. The van der Waals surface area contributed by atoms with Crippen LogP contribution in [0.5, 0.6) is 0 Å². The van der Waals surface area contributed by atoms with Crippen molar-refractivity contribution in [3.05, 3.63) is 69.7 Å². The number of nitrogens with one attached hydrogen (secondary N) is 1. The van der Waals surface area contributed by atoms with Crippen molar-refractivity contribution < 1.29 is 9.21 Å². The lowest BCUT2D eigenvalue weighted by molar-refractivity contribution is -0.116. The van der Waals surface area contributed by atoms with Crippen LogP contribution in [0.3, 0.4) is 0 Å². The molecule has 1 amide bonds. The van der Waals surface area contributed by atoms with Crippen molar-refractivity contribution in [2.45, 2.75) is 26.7 Å². The Labute approximate surface area is 162 Å². The van der Waals surface area contributed by atoms with Crippen LogP contribution in [0.4, 0.5) is 5.69 Å². The molecule has 1 N–H and O–H groups in total. The Morgan fingerprint density at radius 2 is 2.00 bits per heavy atom. The minimum atomic E-state index is -0.0806. The molecule has 0 atom stereocenters. The third-order valence-corrected chi connectivity index (χ3v) is 4.74. The van der Waals surface area contributed by atoms with Crippen LogP contribution < -0.4 is 5.32 Å². The number of benzene rings is 2. The Kier molecular flexibility index (Phi) is 5.64. The molecule has 0 aliphatic carbocycles. The summed E-state index contributed by atoms with van der Waals surface area (Å²) < 4.78 is 5.72. The SMILES string of the molecule is Cc1cccc(NC(=O)CCc2ncc(-c3ccc(Cl)cc3Cl)o2)c1C. The Hall–Kier alpha value is -2.30. The highest BCUT2D eigenvalue weighted by atomic mass is 35.5. The molecule has 3 rings (SSSR count). The highest BCUT2D eigenvalue weighted by Crippen LogP contribution is 2.30. The lowest BCUT2D eigenvalue weighted by Gasteiger charge is -2.09. The Balaban J connectivity index is 1.63. The van der Waals surface area contributed by atoms with Gasteiger partial charge in [-0.3, -0.25) is 4.79 Å². The number of carbonyl (C=O) groups is 1. The molecule has 0 unspecified atom stereocenters. The maximum absolute atomic E-state index is 12.2. The fraction of sp³-hybridized carbons (Fsp3) is 0.200. The highest BCUT2D eigenvalue weighted by molar-refractivity contribution is 6.36. The van der Waals surface area contributed by atoms with E-state index in [4.69, 9.17) is 27.6 Å². The zero-order valence-corrected chi connectivity index (χ0v) is 16.0. The number of oxazole rings is 1. The van der Waals surface area contributed by atoms with Gasteiger partial charge >= 0.3 is 0 Å². The van der Waals surface area contributed by atoms with Crippen molar-refractivity contribution in [2.24, 2.45) is 0 Å². The molecule has 1 heterocycles. The van der Waals surface area contributed by atoms with Gasteiger partial charge in [0.1, 0.15) is 0 Å². The van der Waals surface area contributed by atoms with Gasteiger partial charge in [0.15, 0.2) is 11.7 Å². The van der Waals surface area contributed by atoms with E-state index in [0.717, 1.165) is 22.4 Å². The number of hydrogen-bond donors (Lipinski definition) is 1. The molecule has 0 spiro atoms. The van der Waals surface area contributed by atoms with E-state index >= 15 is 0 Å². The van der Waals surface area contributed by atoms with Gasteiger partial charge in [-0.25, -0.2) is 4.98 Å². The first kappa shape index (κ1) is 18.5. The molecule has 0 saturated carbocycles. The first-order valence-corrected chi connectivity index (χ1v) is 8.96. The van der Waals surface area contributed by atoms with E-state index in [2.05, 4.69) is 10.3 Å². The molecular weight excluding hydrogens is 371 g/mol. The third kappa shape index (κ3) is 4.26. The van der Waals surface area contributed by atoms with Gasteiger partial charge in [0, 0.05) is 29.1 Å². The van der Waals surface area contributed by atoms with E-state index in [-0.39, 0.29) is 12.3 Å².